The molecule has 0 aliphatic heterocycles. The number of alkyl halides is 3. The summed E-state index contributed by atoms with van der Waals surface area (Å²) in [5, 5.41) is 3.21. The Labute approximate surface area is 157 Å². The van der Waals surface area contributed by atoms with E-state index in [4.69, 9.17) is 4.74 Å². The molecule has 0 fully saturated rings. The number of carbonyl (C=O) groups is 1. The van der Waals surface area contributed by atoms with Gasteiger partial charge in [-0.25, -0.2) is 9.37 Å². The number of nitrogens with one attached hydrogen (secondary N) is 1. The lowest BCUT2D eigenvalue weighted by atomic mass is 10.1. The van der Waals surface area contributed by atoms with Crippen LogP contribution in [0.5, 0.6) is 5.88 Å². The highest BCUT2D eigenvalue weighted by molar-refractivity contribution is 5.98. The third-order valence-electron chi connectivity index (χ3n) is 3.88. The van der Waals surface area contributed by atoms with Crippen LogP contribution in [0.15, 0.2) is 42.6 Å². The van der Waals surface area contributed by atoms with Crippen LogP contribution in [0.3, 0.4) is 0 Å². The fraction of sp³-hybridized carbons (Fsp3) is 0.211. The average Bonchev–Trinajstić information content (AvgIpc) is 2.63. The second kappa shape index (κ2) is 7.79. The van der Waals surface area contributed by atoms with E-state index in [2.05, 4.69) is 15.3 Å². The first-order valence-electron chi connectivity index (χ1n) is 8.21. The van der Waals surface area contributed by atoms with E-state index < -0.39 is 24.5 Å². The van der Waals surface area contributed by atoms with Gasteiger partial charge in [0.25, 0.3) is 5.91 Å². The molecule has 0 atom stereocenters. The lowest BCUT2D eigenvalue weighted by molar-refractivity contribution is -0.154. The van der Waals surface area contributed by atoms with Gasteiger partial charge in [-0.2, -0.15) is 13.2 Å². The Hall–Kier alpha value is -3.23. The third kappa shape index (κ3) is 4.73. The van der Waals surface area contributed by atoms with E-state index in [9.17, 15) is 22.4 Å². The fourth-order valence-corrected chi connectivity index (χ4v) is 2.58. The molecular formula is C19H15F4N3O2. The van der Waals surface area contributed by atoms with Gasteiger partial charge in [-0.15, -0.1) is 0 Å². The molecule has 0 aliphatic rings. The summed E-state index contributed by atoms with van der Waals surface area (Å²) in [6.45, 7) is 0.0528. The number of benzene rings is 1. The lowest BCUT2D eigenvalue weighted by Crippen LogP contribution is -2.25. The molecule has 0 saturated carbocycles. The molecule has 2 heterocycles. The number of ether oxygens (including phenoxy) is 1. The molecule has 2 aromatic heterocycles. The molecule has 9 heteroatoms. The Balaban J connectivity index is 1.75. The summed E-state index contributed by atoms with van der Waals surface area (Å²) in [7, 11) is 0. The number of amides is 1. The van der Waals surface area contributed by atoms with E-state index in [1.54, 1.807) is 13.0 Å². The highest BCUT2D eigenvalue weighted by Crippen LogP contribution is 2.21. The van der Waals surface area contributed by atoms with Crippen molar-refractivity contribution in [2.75, 3.05) is 6.61 Å². The highest BCUT2D eigenvalue weighted by atomic mass is 19.4. The lowest BCUT2D eigenvalue weighted by Gasteiger charge is -2.13. The molecular weight excluding hydrogens is 378 g/mol. The number of aryl methyl sites for hydroxylation is 1. The maximum atomic E-state index is 13.3. The largest absolute Gasteiger partial charge is 0.468 e. The summed E-state index contributed by atoms with van der Waals surface area (Å²) in [5.41, 5.74) is 1.40. The first-order valence-corrected chi connectivity index (χ1v) is 8.21. The van der Waals surface area contributed by atoms with E-state index in [0.717, 1.165) is 0 Å². The van der Waals surface area contributed by atoms with Gasteiger partial charge < -0.3 is 10.1 Å². The van der Waals surface area contributed by atoms with Gasteiger partial charge in [-0.05, 0) is 31.2 Å². The highest BCUT2D eigenvalue weighted by Gasteiger charge is 2.29. The number of hydrogen-bond acceptors (Lipinski definition) is 4. The number of fused-ring (bicyclic) bond motifs is 1. The second-order valence-corrected chi connectivity index (χ2v) is 6.01. The van der Waals surface area contributed by atoms with Crippen molar-refractivity contribution in [2.45, 2.75) is 19.6 Å². The molecule has 28 heavy (non-hydrogen) atoms. The van der Waals surface area contributed by atoms with Crippen molar-refractivity contribution in [3.05, 3.63) is 65.2 Å². The van der Waals surface area contributed by atoms with Crippen molar-refractivity contribution in [2.24, 2.45) is 0 Å². The van der Waals surface area contributed by atoms with Crippen LogP contribution in [0.25, 0.3) is 10.9 Å². The summed E-state index contributed by atoms with van der Waals surface area (Å²) in [6, 6.07) is 8.66. The van der Waals surface area contributed by atoms with Gasteiger partial charge in [0.05, 0.1) is 16.8 Å². The first kappa shape index (κ1) is 19.5. The van der Waals surface area contributed by atoms with Crippen molar-refractivity contribution in [1.82, 2.24) is 15.3 Å². The number of nitrogens with zero attached hydrogens (tertiary/aromatic N) is 2. The standard InChI is InChI=1S/C19H15F4N3O2/c1-11-15(7-12-4-5-14(20)8-16(12)26-11)17(27)25-9-13-3-2-6-24-18(13)28-10-19(21,22)23/h2-8H,9-10H2,1H3,(H,25,27). The van der Waals surface area contributed by atoms with Crippen LogP contribution >= 0.6 is 0 Å². The Morgan fingerprint density at radius 2 is 2.00 bits per heavy atom. The molecule has 0 bridgehead atoms. The number of aromatic nitrogens is 2. The normalized spacial score (nSPS) is 11.5. The fourth-order valence-electron chi connectivity index (χ4n) is 2.58. The van der Waals surface area contributed by atoms with Gasteiger partial charge >= 0.3 is 6.18 Å². The van der Waals surface area contributed by atoms with Crippen molar-refractivity contribution in [3.8, 4) is 5.88 Å². The molecule has 0 saturated heterocycles. The van der Waals surface area contributed by atoms with Crippen molar-refractivity contribution < 1.29 is 27.1 Å². The molecule has 3 aromatic rings. The zero-order valence-corrected chi connectivity index (χ0v) is 14.7. The molecule has 1 N–H and O–H groups in total. The summed E-state index contributed by atoms with van der Waals surface area (Å²) in [5.74, 6) is -1.11. The average molecular weight is 393 g/mol. The Morgan fingerprint density at radius 1 is 1.21 bits per heavy atom. The number of halogens is 4. The predicted molar refractivity (Wildman–Crippen MR) is 93.4 cm³/mol. The van der Waals surface area contributed by atoms with E-state index in [1.807, 2.05) is 0 Å². The first-order chi connectivity index (χ1) is 13.2. The Morgan fingerprint density at radius 3 is 2.75 bits per heavy atom. The minimum absolute atomic E-state index is 0.0826. The van der Waals surface area contributed by atoms with E-state index in [1.165, 1.54) is 36.5 Å². The van der Waals surface area contributed by atoms with Crippen molar-refractivity contribution >= 4 is 16.8 Å². The molecule has 146 valence electrons. The number of rotatable bonds is 5. The zero-order valence-electron chi connectivity index (χ0n) is 14.7. The third-order valence-corrected chi connectivity index (χ3v) is 3.88. The summed E-state index contributed by atoms with van der Waals surface area (Å²) in [4.78, 5) is 20.5. The van der Waals surface area contributed by atoms with Crippen LogP contribution < -0.4 is 10.1 Å². The van der Waals surface area contributed by atoms with Crippen LogP contribution in [-0.2, 0) is 6.54 Å². The molecule has 1 aromatic carbocycles. The molecule has 5 nitrogen and oxygen atoms in total. The quantitative estimate of drug-likeness (QED) is 0.667. The number of pyridine rings is 2. The zero-order chi connectivity index (χ0) is 20.3. The van der Waals surface area contributed by atoms with Crippen molar-refractivity contribution in [3.63, 3.8) is 0 Å². The van der Waals surface area contributed by atoms with Gasteiger partial charge in [0.15, 0.2) is 6.61 Å². The van der Waals surface area contributed by atoms with Crippen LogP contribution in [0.2, 0.25) is 0 Å². The second-order valence-electron chi connectivity index (χ2n) is 6.01. The van der Waals surface area contributed by atoms with Gasteiger partial charge in [-0.3, -0.25) is 9.78 Å². The Kier molecular flexibility index (Phi) is 5.43. The monoisotopic (exact) mass is 393 g/mol. The van der Waals surface area contributed by atoms with Crippen LogP contribution in [0, 0.1) is 12.7 Å². The maximum absolute atomic E-state index is 13.3. The summed E-state index contributed by atoms with van der Waals surface area (Å²) < 4.78 is 55.1. The topological polar surface area (TPSA) is 64.1 Å². The SMILES string of the molecule is Cc1nc2cc(F)ccc2cc1C(=O)NCc1cccnc1OCC(F)(F)F. The minimum Gasteiger partial charge on any atom is -0.468 e. The maximum Gasteiger partial charge on any atom is 0.422 e. The molecule has 0 spiro atoms. The molecule has 0 radical (unpaired) electrons. The molecule has 3 rings (SSSR count). The van der Waals surface area contributed by atoms with Crippen LogP contribution in [0.4, 0.5) is 17.6 Å². The number of hydrogen-bond donors (Lipinski definition) is 1. The smallest absolute Gasteiger partial charge is 0.422 e. The molecule has 0 aliphatic carbocycles. The molecule has 0 unspecified atom stereocenters. The number of carbonyl (C=O) groups excluding carboxylic acids is 1. The van der Waals surface area contributed by atoms with E-state index in [0.29, 0.717) is 22.2 Å². The predicted octanol–water partition coefficient (Wildman–Crippen LogP) is 3.95. The Bertz CT molecular complexity index is 1020. The van der Waals surface area contributed by atoms with Gasteiger partial charge in [0.1, 0.15) is 5.82 Å². The van der Waals surface area contributed by atoms with E-state index in [-0.39, 0.29) is 18.0 Å². The van der Waals surface area contributed by atoms with Crippen LogP contribution in [0.1, 0.15) is 21.6 Å². The van der Waals surface area contributed by atoms with Gasteiger partial charge in [0.2, 0.25) is 5.88 Å². The van der Waals surface area contributed by atoms with Crippen LogP contribution in [-0.4, -0.2) is 28.7 Å². The van der Waals surface area contributed by atoms with E-state index >= 15 is 0 Å². The van der Waals surface area contributed by atoms with Crippen molar-refractivity contribution in [1.29, 1.82) is 0 Å². The van der Waals surface area contributed by atoms with Gasteiger partial charge in [-0.1, -0.05) is 6.07 Å². The summed E-state index contributed by atoms with van der Waals surface area (Å²) in [6.07, 6.45) is -3.20. The summed E-state index contributed by atoms with van der Waals surface area (Å²) >= 11 is 0. The minimum atomic E-state index is -4.49. The molecule has 1 amide bonds. The van der Waals surface area contributed by atoms with Gasteiger partial charge in [0, 0.05) is 29.8 Å².